The first-order valence-electron chi connectivity index (χ1n) is 10.5. The van der Waals surface area contributed by atoms with Gasteiger partial charge in [0.25, 0.3) is 0 Å². The van der Waals surface area contributed by atoms with Crippen molar-refractivity contribution in [1.82, 2.24) is 5.01 Å². The number of carbonyl (C=O) groups is 3. The molecule has 2 amide bonds. The summed E-state index contributed by atoms with van der Waals surface area (Å²) in [5.41, 5.74) is 0.820. The van der Waals surface area contributed by atoms with Crippen molar-refractivity contribution < 1.29 is 28.6 Å². The van der Waals surface area contributed by atoms with Gasteiger partial charge in [-0.25, -0.2) is 4.90 Å². The van der Waals surface area contributed by atoms with Crippen molar-refractivity contribution in [1.29, 1.82) is 0 Å². The molecule has 2 aromatic rings. The van der Waals surface area contributed by atoms with E-state index in [0.29, 0.717) is 28.5 Å². The number of imide groups is 1. The molecular formula is C24H19N3O6. The Bertz CT molecular complexity index is 1240. The number of methoxy groups -OCH3 is 1. The summed E-state index contributed by atoms with van der Waals surface area (Å²) in [7, 11) is 1.55. The van der Waals surface area contributed by atoms with Gasteiger partial charge in [0, 0.05) is 17.8 Å². The number of ketones is 1. The van der Waals surface area contributed by atoms with E-state index in [4.69, 9.17) is 14.2 Å². The number of nitrogens with zero attached hydrogens (tertiary/aromatic N) is 3. The molecule has 4 aliphatic rings. The number of carbonyl (C=O) groups excluding carboxylic acids is 3. The zero-order chi connectivity index (χ0) is 22.7. The normalized spacial score (nSPS) is 26.6. The summed E-state index contributed by atoms with van der Waals surface area (Å²) in [5.74, 6) is -0.975. The highest BCUT2D eigenvalue weighted by Gasteiger charge is 2.64. The Morgan fingerprint density at radius 1 is 1.03 bits per heavy atom. The number of fused-ring (bicyclic) bond motifs is 4. The van der Waals surface area contributed by atoms with Crippen molar-refractivity contribution in [3.05, 3.63) is 60.2 Å². The highest BCUT2D eigenvalue weighted by Crippen LogP contribution is 2.47. The fourth-order valence-corrected chi connectivity index (χ4v) is 5.04. The second kappa shape index (κ2) is 7.19. The second-order valence-corrected chi connectivity index (χ2v) is 8.16. The van der Waals surface area contributed by atoms with Crippen molar-refractivity contribution in [2.45, 2.75) is 12.1 Å². The second-order valence-electron chi connectivity index (χ2n) is 8.16. The third-order valence-corrected chi connectivity index (χ3v) is 6.55. The number of amides is 2. The molecule has 0 spiro atoms. The molecule has 2 aromatic carbocycles. The molecule has 6 rings (SSSR count). The molecule has 2 saturated heterocycles. The van der Waals surface area contributed by atoms with Crippen molar-refractivity contribution in [3.63, 3.8) is 0 Å². The van der Waals surface area contributed by atoms with Crippen LogP contribution in [0.15, 0.2) is 59.7 Å². The Morgan fingerprint density at radius 3 is 2.58 bits per heavy atom. The van der Waals surface area contributed by atoms with Crippen molar-refractivity contribution in [2.75, 3.05) is 18.8 Å². The van der Waals surface area contributed by atoms with Crippen LogP contribution in [0.25, 0.3) is 0 Å². The molecule has 4 aliphatic heterocycles. The molecule has 9 heteroatoms. The van der Waals surface area contributed by atoms with E-state index in [9.17, 15) is 14.4 Å². The standard InChI is InChI=1S/C24H19N3O6/c1-31-15-7-4-13(5-8-15)22(28)21-20-19(16-3-2-10-25-27(16)21)23(29)26(24(20)30)14-6-9-17-18(11-14)33-12-32-17/h2-11,16,19-21H,12H2,1H3/t16?,19-,20-,21+/m0/s1. The lowest BCUT2D eigenvalue weighted by Crippen LogP contribution is -2.46. The van der Waals surface area contributed by atoms with Gasteiger partial charge in [0.05, 0.1) is 30.7 Å². The van der Waals surface area contributed by atoms with Gasteiger partial charge in [-0.1, -0.05) is 6.08 Å². The maximum absolute atomic E-state index is 13.6. The van der Waals surface area contributed by atoms with E-state index in [-0.39, 0.29) is 18.5 Å². The number of benzene rings is 2. The number of hydrazone groups is 1. The quantitative estimate of drug-likeness (QED) is 0.525. The third-order valence-electron chi connectivity index (χ3n) is 6.55. The van der Waals surface area contributed by atoms with Gasteiger partial charge in [0.2, 0.25) is 18.6 Å². The topological polar surface area (TPSA) is 97.7 Å². The van der Waals surface area contributed by atoms with Crippen molar-refractivity contribution >= 4 is 29.5 Å². The smallest absolute Gasteiger partial charge is 0.240 e. The maximum Gasteiger partial charge on any atom is 0.240 e. The number of hydrogen-bond donors (Lipinski definition) is 0. The Hall–Kier alpha value is -4.14. The van der Waals surface area contributed by atoms with Gasteiger partial charge in [-0.2, -0.15) is 5.10 Å². The molecule has 0 radical (unpaired) electrons. The van der Waals surface area contributed by atoms with Gasteiger partial charge >= 0.3 is 0 Å². The summed E-state index contributed by atoms with van der Waals surface area (Å²) in [5, 5.41) is 5.96. The lowest BCUT2D eigenvalue weighted by atomic mass is 9.86. The highest BCUT2D eigenvalue weighted by molar-refractivity contribution is 6.24. The molecular weight excluding hydrogens is 426 g/mol. The van der Waals surface area contributed by atoms with Crippen LogP contribution in [0.4, 0.5) is 5.69 Å². The monoisotopic (exact) mass is 445 g/mol. The number of hydrogen-bond acceptors (Lipinski definition) is 8. The molecule has 33 heavy (non-hydrogen) atoms. The Balaban J connectivity index is 1.39. The van der Waals surface area contributed by atoms with Crippen LogP contribution in [-0.2, 0) is 9.59 Å². The zero-order valence-electron chi connectivity index (χ0n) is 17.6. The van der Waals surface area contributed by atoms with Crippen molar-refractivity contribution in [3.8, 4) is 17.2 Å². The Kier molecular flexibility index (Phi) is 4.26. The van der Waals surface area contributed by atoms with E-state index in [1.807, 2.05) is 6.08 Å². The van der Waals surface area contributed by atoms with E-state index in [1.165, 1.54) is 0 Å². The van der Waals surface area contributed by atoms with Crippen LogP contribution < -0.4 is 19.1 Å². The predicted molar refractivity (Wildman–Crippen MR) is 116 cm³/mol. The summed E-state index contributed by atoms with van der Waals surface area (Å²) in [6, 6.07) is 10.3. The summed E-state index contributed by atoms with van der Waals surface area (Å²) in [6.07, 6.45) is 5.12. The van der Waals surface area contributed by atoms with Gasteiger partial charge in [-0.15, -0.1) is 0 Å². The van der Waals surface area contributed by atoms with E-state index in [1.54, 1.807) is 66.9 Å². The molecule has 4 atom stereocenters. The summed E-state index contributed by atoms with van der Waals surface area (Å²) >= 11 is 0. The molecule has 0 saturated carbocycles. The molecule has 1 unspecified atom stereocenters. The van der Waals surface area contributed by atoms with Crippen LogP contribution in [0.5, 0.6) is 17.2 Å². The van der Waals surface area contributed by atoms with Gasteiger partial charge in [0.1, 0.15) is 11.8 Å². The van der Waals surface area contributed by atoms with E-state index >= 15 is 0 Å². The molecule has 2 fully saturated rings. The van der Waals surface area contributed by atoms with Gasteiger partial charge < -0.3 is 14.2 Å². The minimum Gasteiger partial charge on any atom is -0.497 e. The predicted octanol–water partition coefficient (Wildman–Crippen LogP) is 2.02. The number of Topliss-reactive ketones (excluding diaryl/α,β-unsaturated/α-hetero) is 1. The molecule has 9 nitrogen and oxygen atoms in total. The lowest BCUT2D eigenvalue weighted by molar-refractivity contribution is -0.123. The Labute approximate surface area is 188 Å². The summed E-state index contributed by atoms with van der Waals surface area (Å²) in [6.45, 7) is 0.0875. The van der Waals surface area contributed by atoms with E-state index in [2.05, 4.69) is 5.10 Å². The minimum atomic E-state index is -0.898. The highest BCUT2D eigenvalue weighted by atomic mass is 16.7. The molecule has 4 heterocycles. The molecule has 0 bridgehead atoms. The number of anilines is 1. The summed E-state index contributed by atoms with van der Waals surface area (Å²) in [4.78, 5) is 41.9. The van der Waals surface area contributed by atoms with Crippen molar-refractivity contribution in [2.24, 2.45) is 16.9 Å². The lowest BCUT2D eigenvalue weighted by Gasteiger charge is -2.30. The van der Waals surface area contributed by atoms with E-state index in [0.717, 1.165) is 4.90 Å². The average Bonchev–Trinajstić information content (AvgIpc) is 3.51. The van der Waals surface area contributed by atoms with Crippen LogP contribution >= 0.6 is 0 Å². The fourth-order valence-electron chi connectivity index (χ4n) is 5.04. The van der Waals surface area contributed by atoms with E-state index < -0.39 is 29.8 Å². The summed E-state index contributed by atoms with van der Waals surface area (Å²) < 4.78 is 15.9. The van der Waals surface area contributed by atoms with Crippen LogP contribution in [0.1, 0.15) is 10.4 Å². The SMILES string of the molecule is COc1ccc(C(=O)[C@H]2[C@H]3C(=O)N(c4ccc5c(c4)OCO5)C(=O)[C@H]3C3C=CC=NN32)cc1. The maximum atomic E-state index is 13.6. The molecule has 0 aliphatic carbocycles. The first-order valence-corrected chi connectivity index (χ1v) is 10.5. The molecule has 0 aromatic heterocycles. The fraction of sp³-hybridized carbons (Fsp3) is 0.250. The third kappa shape index (κ3) is 2.78. The van der Waals surface area contributed by atoms with Gasteiger partial charge in [0.15, 0.2) is 17.3 Å². The largest absolute Gasteiger partial charge is 0.497 e. The molecule has 166 valence electrons. The average molecular weight is 445 g/mol. The zero-order valence-corrected chi connectivity index (χ0v) is 17.6. The van der Waals surface area contributed by atoms with Gasteiger partial charge in [-0.05, 0) is 42.5 Å². The first kappa shape index (κ1) is 19.5. The van der Waals surface area contributed by atoms with Crippen LogP contribution in [0, 0.1) is 11.8 Å². The van der Waals surface area contributed by atoms with Crippen LogP contribution in [0.2, 0.25) is 0 Å². The molecule has 0 N–H and O–H groups in total. The van der Waals surface area contributed by atoms with Crippen LogP contribution in [0.3, 0.4) is 0 Å². The van der Waals surface area contributed by atoms with Crippen LogP contribution in [-0.4, -0.2) is 54.8 Å². The first-order chi connectivity index (χ1) is 16.1. The van der Waals surface area contributed by atoms with Gasteiger partial charge in [-0.3, -0.25) is 19.4 Å². The Morgan fingerprint density at radius 2 is 1.79 bits per heavy atom. The number of allylic oxidation sites excluding steroid dienone is 1. The number of ether oxygens (including phenoxy) is 3. The number of rotatable bonds is 4. The minimum absolute atomic E-state index is 0.0875.